The average molecular weight is 491 g/mol. The minimum atomic E-state index is -0.229. The van der Waals surface area contributed by atoms with Crippen LogP contribution in [0.15, 0.2) is 94.2 Å². The molecule has 0 radical (unpaired) electrons. The summed E-state index contributed by atoms with van der Waals surface area (Å²) >= 11 is 0. The molecule has 0 saturated heterocycles. The fourth-order valence-corrected chi connectivity index (χ4v) is 4.40. The van der Waals surface area contributed by atoms with Crippen molar-refractivity contribution in [3.63, 3.8) is 0 Å². The Kier molecular flexibility index (Phi) is 5.61. The molecule has 8 heteroatoms. The van der Waals surface area contributed by atoms with Crippen LogP contribution in [-0.4, -0.2) is 32.1 Å². The summed E-state index contributed by atoms with van der Waals surface area (Å²) in [5.41, 5.74) is 5.46. The van der Waals surface area contributed by atoms with Crippen molar-refractivity contribution >= 4 is 11.4 Å². The number of ether oxygens (including phenoxy) is 1. The van der Waals surface area contributed by atoms with Crippen LogP contribution >= 0.6 is 0 Å². The van der Waals surface area contributed by atoms with Crippen molar-refractivity contribution in [2.75, 3.05) is 6.61 Å². The predicted octanol–water partition coefficient (Wildman–Crippen LogP) is 6.19. The van der Waals surface area contributed by atoms with Crippen LogP contribution < -0.4 is 4.74 Å². The zero-order chi connectivity index (χ0) is 25.4. The van der Waals surface area contributed by atoms with Crippen LogP contribution in [0.3, 0.4) is 0 Å². The van der Waals surface area contributed by atoms with Gasteiger partial charge in [-0.2, -0.15) is 0 Å². The summed E-state index contributed by atoms with van der Waals surface area (Å²) in [5.74, 6) is 1.36. The van der Waals surface area contributed by atoms with E-state index in [1.54, 1.807) is 13.0 Å². The number of ketones is 1. The van der Waals surface area contributed by atoms with Gasteiger partial charge in [0.2, 0.25) is 5.78 Å². The van der Waals surface area contributed by atoms with E-state index in [4.69, 9.17) is 18.8 Å². The lowest BCUT2D eigenvalue weighted by molar-refractivity contribution is 0.0921. The van der Waals surface area contributed by atoms with Crippen LogP contribution in [0.25, 0.3) is 39.4 Å². The number of nitrogens with zero attached hydrogens (tertiary/aromatic N) is 4. The van der Waals surface area contributed by atoms with E-state index in [1.165, 1.54) is 0 Å². The van der Waals surface area contributed by atoms with E-state index < -0.39 is 0 Å². The molecule has 0 aliphatic rings. The number of rotatable bonds is 7. The number of aromatic nitrogens is 4. The summed E-state index contributed by atoms with van der Waals surface area (Å²) in [4.78, 5) is 18.0. The Bertz CT molecular complexity index is 1720. The third-order valence-corrected chi connectivity index (χ3v) is 6.16. The molecule has 182 valence electrons. The van der Waals surface area contributed by atoms with Gasteiger partial charge in [-0.15, -0.1) is 0 Å². The van der Waals surface area contributed by atoms with Gasteiger partial charge in [-0.3, -0.25) is 4.79 Å². The van der Waals surface area contributed by atoms with Gasteiger partial charge in [0.15, 0.2) is 18.0 Å². The van der Waals surface area contributed by atoms with Crippen molar-refractivity contribution in [1.29, 1.82) is 0 Å². The molecule has 4 aromatic heterocycles. The number of imidazole rings is 1. The summed E-state index contributed by atoms with van der Waals surface area (Å²) in [6, 6.07) is 22.9. The standard InChI is InChI=1S/C29H22N4O4/c1-18-25(27(31-36-18)20-10-5-3-6-11-20)22-16-33-15-9-14-24(29(33)30-22)35-17-23(34)26-19(2)37-32-28(26)21-12-7-4-8-13-21/h3-16H,17H2,1-2H3. The maximum Gasteiger partial charge on any atom is 0.206 e. The number of hydrogen-bond donors (Lipinski definition) is 0. The number of hydrogen-bond acceptors (Lipinski definition) is 7. The molecule has 2 aromatic carbocycles. The molecule has 8 nitrogen and oxygen atoms in total. The SMILES string of the molecule is Cc1onc(-c2ccccc2)c1C(=O)COc1cccn2cc(-c3c(-c4ccccc4)noc3C)nc12. The fraction of sp³-hybridized carbons (Fsp3) is 0.103. The van der Waals surface area contributed by atoms with Crippen molar-refractivity contribution in [2.45, 2.75) is 13.8 Å². The Hall–Kier alpha value is -4.98. The maximum atomic E-state index is 13.2. The predicted molar refractivity (Wildman–Crippen MR) is 137 cm³/mol. The van der Waals surface area contributed by atoms with E-state index in [1.807, 2.05) is 90.4 Å². The Balaban J connectivity index is 1.31. The molecule has 0 aliphatic carbocycles. The molecule has 0 atom stereocenters. The first-order valence-electron chi connectivity index (χ1n) is 11.8. The summed E-state index contributed by atoms with van der Waals surface area (Å²) in [5, 5.41) is 8.37. The van der Waals surface area contributed by atoms with E-state index in [2.05, 4.69) is 10.3 Å². The van der Waals surface area contributed by atoms with Crippen molar-refractivity contribution in [2.24, 2.45) is 0 Å². The summed E-state index contributed by atoms with van der Waals surface area (Å²) < 4.78 is 18.7. The molecule has 0 aliphatic heterocycles. The molecule has 0 bridgehead atoms. The highest BCUT2D eigenvalue weighted by molar-refractivity contribution is 6.03. The van der Waals surface area contributed by atoms with Crippen molar-refractivity contribution in [3.05, 3.63) is 102 Å². The molecule has 37 heavy (non-hydrogen) atoms. The van der Waals surface area contributed by atoms with Crippen LogP contribution in [0.1, 0.15) is 21.9 Å². The van der Waals surface area contributed by atoms with E-state index >= 15 is 0 Å². The number of benzene rings is 2. The molecule has 0 saturated carbocycles. The summed E-state index contributed by atoms with van der Waals surface area (Å²) in [7, 11) is 0. The van der Waals surface area contributed by atoms with E-state index in [0.29, 0.717) is 39.9 Å². The molecule has 4 heterocycles. The average Bonchev–Trinajstić information content (AvgIpc) is 3.64. The van der Waals surface area contributed by atoms with Crippen LogP contribution in [0.2, 0.25) is 0 Å². The number of carbonyl (C=O) groups excluding carboxylic acids is 1. The first-order valence-corrected chi connectivity index (χ1v) is 11.8. The third kappa shape index (κ3) is 4.08. The lowest BCUT2D eigenvalue weighted by Gasteiger charge is -2.07. The Morgan fingerprint density at radius 1 is 0.838 bits per heavy atom. The largest absolute Gasteiger partial charge is 0.482 e. The van der Waals surface area contributed by atoms with Crippen LogP contribution in [0.4, 0.5) is 0 Å². The quantitative estimate of drug-likeness (QED) is 0.246. The molecular weight excluding hydrogens is 468 g/mol. The van der Waals surface area contributed by atoms with Crippen LogP contribution in [0.5, 0.6) is 5.75 Å². The van der Waals surface area contributed by atoms with Gasteiger partial charge in [-0.25, -0.2) is 4.98 Å². The van der Waals surface area contributed by atoms with E-state index in [0.717, 1.165) is 22.4 Å². The molecule has 0 spiro atoms. The van der Waals surface area contributed by atoms with Crippen molar-refractivity contribution in [1.82, 2.24) is 19.7 Å². The van der Waals surface area contributed by atoms with Gasteiger partial charge in [0.25, 0.3) is 0 Å². The molecule has 0 N–H and O–H groups in total. The van der Waals surface area contributed by atoms with E-state index in [-0.39, 0.29) is 12.4 Å². The molecule has 6 aromatic rings. The fourth-order valence-electron chi connectivity index (χ4n) is 4.40. The first kappa shape index (κ1) is 22.5. The second-order valence-corrected chi connectivity index (χ2v) is 8.60. The first-order chi connectivity index (χ1) is 18.1. The molecule has 6 rings (SSSR count). The molecule has 0 fully saturated rings. The molecular formula is C29H22N4O4. The van der Waals surface area contributed by atoms with Gasteiger partial charge >= 0.3 is 0 Å². The summed E-state index contributed by atoms with van der Waals surface area (Å²) in [6.45, 7) is 3.39. The van der Waals surface area contributed by atoms with Crippen LogP contribution in [0, 0.1) is 13.8 Å². The van der Waals surface area contributed by atoms with Gasteiger partial charge in [0.1, 0.15) is 22.9 Å². The minimum Gasteiger partial charge on any atom is -0.482 e. The second kappa shape index (κ2) is 9.23. The maximum absolute atomic E-state index is 13.2. The second-order valence-electron chi connectivity index (χ2n) is 8.60. The number of pyridine rings is 1. The number of aryl methyl sites for hydroxylation is 2. The zero-order valence-corrected chi connectivity index (χ0v) is 20.2. The third-order valence-electron chi connectivity index (χ3n) is 6.16. The van der Waals surface area contributed by atoms with E-state index in [9.17, 15) is 4.79 Å². The molecule has 0 amide bonds. The Morgan fingerprint density at radius 2 is 1.49 bits per heavy atom. The number of fused-ring (bicyclic) bond motifs is 1. The van der Waals surface area contributed by atoms with Crippen LogP contribution in [-0.2, 0) is 0 Å². The monoisotopic (exact) mass is 490 g/mol. The normalized spacial score (nSPS) is 11.2. The Morgan fingerprint density at radius 3 is 2.22 bits per heavy atom. The van der Waals surface area contributed by atoms with Gasteiger partial charge in [-0.1, -0.05) is 71.0 Å². The highest BCUT2D eigenvalue weighted by atomic mass is 16.5. The zero-order valence-electron chi connectivity index (χ0n) is 20.2. The lowest BCUT2D eigenvalue weighted by Crippen LogP contribution is -2.13. The van der Waals surface area contributed by atoms with Gasteiger partial charge in [0.05, 0.1) is 16.8 Å². The topological polar surface area (TPSA) is 95.7 Å². The van der Waals surface area contributed by atoms with Gasteiger partial charge in [0, 0.05) is 23.5 Å². The van der Waals surface area contributed by atoms with Gasteiger partial charge in [-0.05, 0) is 26.0 Å². The highest BCUT2D eigenvalue weighted by Crippen LogP contribution is 2.35. The highest BCUT2D eigenvalue weighted by Gasteiger charge is 2.23. The molecule has 0 unspecified atom stereocenters. The smallest absolute Gasteiger partial charge is 0.206 e. The van der Waals surface area contributed by atoms with Crippen molar-refractivity contribution in [3.8, 4) is 39.5 Å². The number of carbonyl (C=O) groups is 1. The van der Waals surface area contributed by atoms with Crippen molar-refractivity contribution < 1.29 is 18.6 Å². The lowest BCUT2D eigenvalue weighted by atomic mass is 10.0. The Labute approximate surface area is 212 Å². The van der Waals surface area contributed by atoms with Gasteiger partial charge < -0.3 is 18.2 Å². The number of Topliss-reactive ketones (excluding diaryl/α,β-unsaturated/α-hetero) is 1. The minimum absolute atomic E-state index is 0.189. The summed E-state index contributed by atoms with van der Waals surface area (Å²) in [6.07, 6.45) is 3.77.